The van der Waals surface area contributed by atoms with Gasteiger partial charge >= 0.3 is 0 Å². The number of halogens is 1. The fraction of sp³-hybridized carbons (Fsp3) is 0.444. The maximum Gasteiger partial charge on any atom is 0.240 e. The first-order valence-electron chi connectivity index (χ1n) is 4.34. The Morgan fingerprint density at radius 2 is 2.21 bits per heavy atom. The van der Waals surface area contributed by atoms with Crippen molar-refractivity contribution in [3.8, 4) is 0 Å². The van der Waals surface area contributed by atoms with Crippen molar-refractivity contribution in [1.82, 2.24) is 9.97 Å². The van der Waals surface area contributed by atoms with Gasteiger partial charge in [-0.15, -0.1) is 0 Å². The topological polar surface area (TPSA) is 55.2 Å². The van der Waals surface area contributed by atoms with Gasteiger partial charge in [0, 0.05) is 5.92 Å². The van der Waals surface area contributed by atoms with Gasteiger partial charge in [0.2, 0.25) is 6.08 Å². The Morgan fingerprint density at radius 1 is 1.50 bits per heavy atom. The number of nitrogens with zero attached hydrogens (tertiary/aromatic N) is 3. The number of rotatable bonds is 2. The van der Waals surface area contributed by atoms with Gasteiger partial charge in [0.25, 0.3) is 0 Å². The summed E-state index contributed by atoms with van der Waals surface area (Å²) in [6.45, 7) is 1.77. The van der Waals surface area contributed by atoms with Crippen LogP contribution in [0.3, 0.4) is 0 Å². The zero-order valence-corrected chi connectivity index (χ0v) is 8.38. The molecule has 2 rings (SSSR count). The minimum atomic E-state index is 0.239. The zero-order valence-electron chi connectivity index (χ0n) is 7.62. The molecule has 1 aromatic rings. The first kappa shape index (κ1) is 9.31. The minimum Gasteiger partial charge on any atom is -0.236 e. The van der Waals surface area contributed by atoms with Crippen LogP contribution in [0.5, 0.6) is 0 Å². The molecule has 0 aromatic carbocycles. The van der Waals surface area contributed by atoms with Gasteiger partial charge in [0.15, 0.2) is 5.15 Å². The molecule has 0 aliphatic heterocycles. The number of isocyanates is 1. The average molecular weight is 210 g/mol. The number of hydrogen-bond acceptors (Lipinski definition) is 4. The van der Waals surface area contributed by atoms with E-state index in [1.165, 1.54) is 6.08 Å². The maximum atomic E-state index is 10.2. The molecule has 0 saturated heterocycles. The van der Waals surface area contributed by atoms with E-state index in [0.717, 1.165) is 18.5 Å². The second-order valence-corrected chi connectivity index (χ2v) is 3.63. The van der Waals surface area contributed by atoms with Gasteiger partial charge < -0.3 is 0 Å². The summed E-state index contributed by atoms with van der Waals surface area (Å²) < 4.78 is 0. The molecule has 1 aromatic heterocycles. The molecule has 14 heavy (non-hydrogen) atoms. The quantitative estimate of drug-likeness (QED) is 0.427. The first-order valence-corrected chi connectivity index (χ1v) is 4.72. The van der Waals surface area contributed by atoms with Crippen LogP contribution < -0.4 is 0 Å². The lowest BCUT2D eigenvalue weighted by Gasteiger charge is -2.04. The van der Waals surface area contributed by atoms with Crippen LogP contribution in [0.15, 0.2) is 4.99 Å². The highest BCUT2D eigenvalue weighted by Gasteiger charge is 2.29. The van der Waals surface area contributed by atoms with Gasteiger partial charge in [-0.3, -0.25) is 0 Å². The van der Waals surface area contributed by atoms with E-state index < -0.39 is 0 Å². The molecule has 0 unspecified atom stereocenters. The highest BCUT2D eigenvalue weighted by Crippen LogP contribution is 2.44. The van der Waals surface area contributed by atoms with Crippen molar-refractivity contribution in [3.05, 3.63) is 16.7 Å². The van der Waals surface area contributed by atoms with Crippen LogP contribution in [0.1, 0.15) is 30.3 Å². The second kappa shape index (κ2) is 3.48. The molecule has 0 atom stereocenters. The fourth-order valence-electron chi connectivity index (χ4n) is 1.34. The molecule has 1 saturated carbocycles. The van der Waals surface area contributed by atoms with E-state index in [1.807, 2.05) is 0 Å². The van der Waals surface area contributed by atoms with Gasteiger partial charge in [-0.1, -0.05) is 11.6 Å². The third-order valence-electron chi connectivity index (χ3n) is 2.10. The monoisotopic (exact) mass is 209 g/mol. The summed E-state index contributed by atoms with van der Waals surface area (Å²) in [7, 11) is 0. The summed E-state index contributed by atoms with van der Waals surface area (Å²) in [5, 5.41) is 0.239. The predicted molar refractivity (Wildman–Crippen MR) is 51.5 cm³/mol. The van der Waals surface area contributed by atoms with Gasteiger partial charge in [-0.2, -0.15) is 4.99 Å². The summed E-state index contributed by atoms with van der Waals surface area (Å²) >= 11 is 5.86. The third-order valence-corrected chi connectivity index (χ3v) is 2.37. The summed E-state index contributed by atoms with van der Waals surface area (Å²) in [6.07, 6.45) is 3.63. The molecule has 72 valence electrons. The Hall–Kier alpha value is -1.25. The summed E-state index contributed by atoms with van der Waals surface area (Å²) in [6, 6.07) is 0. The standard InChI is InChI=1S/C9H8ClN3O/c1-5-12-7(6-2-3-6)8(11-4-14)9(10)13-5/h6H,2-3H2,1H3. The van der Waals surface area contributed by atoms with Crippen LogP contribution in [0.25, 0.3) is 0 Å². The molecule has 1 aliphatic rings. The van der Waals surface area contributed by atoms with Crippen LogP contribution in [0.2, 0.25) is 5.15 Å². The summed E-state index contributed by atoms with van der Waals surface area (Å²) in [4.78, 5) is 21.9. The molecule has 1 heterocycles. The van der Waals surface area contributed by atoms with Gasteiger partial charge in [0.05, 0.1) is 5.69 Å². The molecule has 0 N–H and O–H groups in total. The zero-order chi connectivity index (χ0) is 10.1. The van der Waals surface area contributed by atoms with Gasteiger partial charge in [0.1, 0.15) is 11.5 Å². The van der Waals surface area contributed by atoms with Crippen LogP contribution >= 0.6 is 11.6 Å². The molecule has 0 spiro atoms. The van der Waals surface area contributed by atoms with E-state index in [1.54, 1.807) is 6.92 Å². The number of aryl methyl sites for hydroxylation is 1. The smallest absolute Gasteiger partial charge is 0.236 e. The van der Waals surface area contributed by atoms with Crippen molar-refractivity contribution >= 4 is 23.4 Å². The molecule has 0 amide bonds. The molecular weight excluding hydrogens is 202 g/mol. The first-order chi connectivity index (χ1) is 6.72. The summed E-state index contributed by atoms with van der Waals surface area (Å²) in [5.41, 5.74) is 1.17. The number of hydrogen-bond donors (Lipinski definition) is 0. The van der Waals surface area contributed by atoms with E-state index in [9.17, 15) is 4.79 Å². The Bertz CT molecular complexity index is 422. The molecular formula is C9H8ClN3O. The maximum absolute atomic E-state index is 10.2. The van der Waals surface area contributed by atoms with E-state index in [4.69, 9.17) is 11.6 Å². The van der Waals surface area contributed by atoms with Crippen LogP contribution in [-0.4, -0.2) is 16.0 Å². The Labute approximate surface area is 86.0 Å². The number of aliphatic imine (C=N–C) groups is 1. The normalized spacial score (nSPS) is 15.0. The fourth-order valence-corrected chi connectivity index (χ4v) is 1.60. The highest BCUT2D eigenvalue weighted by molar-refractivity contribution is 6.31. The third kappa shape index (κ3) is 1.67. The lowest BCUT2D eigenvalue weighted by atomic mass is 10.2. The van der Waals surface area contributed by atoms with Crippen molar-refractivity contribution in [2.45, 2.75) is 25.7 Å². The Kier molecular flexibility index (Phi) is 2.32. The van der Waals surface area contributed by atoms with Crippen LogP contribution in [0, 0.1) is 6.92 Å². The van der Waals surface area contributed by atoms with E-state index >= 15 is 0 Å². The van der Waals surface area contributed by atoms with Gasteiger partial charge in [-0.05, 0) is 19.8 Å². The predicted octanol–water partition coefficient (Wildman–Crippen LogP) is 2.28. The summed E-state index contributed by atoms with van der Waals surface area (Å²) in [5.74, 6) is 1.00. The van der Waals surface area contributed by atoms with Crippen molar-refractivity contribution in [3.63, 3.8) is 0 Å². The highest BCUT2D eigenvalue weighted by atomic mass is 35.5. The number of carbonyl (C=O) groups excluding carboxylic acids is 1. The minimum absolute atomic E-state index is 0.239. The largest absolute Gasteiger partial charge is 0.240 e. The number of aromatic nitrogens is 2. The van der Waals surface area contributed by atoms with Crippen molar-refractivity contribution < 1.29 is 4.79 Å². The lowest BCUT2D eigenvalue weighted by molar-refractivity contribution is 0.565. The molecule has 1 aliphatic carbocycles. The van der Waals surface area contributed by atoms with Crippen molar-refractivity contribution in [2.24, 2.45) is 4.99 Å². The van der Waals surface area contributed by atoms with Crippen LogP contribution in [-0.2, 0) is 4.79 Å². The molecule has 0 radical (unpaired) electrons. The Balaban J connectivity index is 2.58. The van der Waals surface area contributed by atoms with Crippen LogP contribution in [0.4, 0.5) is 5.69 Å². The van der Waals surface area contributed by atoms with Crippen molar-refractivity contribution in [2.75, 3.05) is 0 Å². The molecule has 0 bridgehead atoms. The van der Waals surface area contributed by atoms with Crippen molar-refractivity contribution in [1.29, 1.82) is 0 Å². The molecule has 4 nitrogen and oxygen atoms in total. The van der Waals surface area contributed by atoms with E-state index in [0.29, 0.717) is 17.4 Å². The van der Waals surface area contributed by atoms with E-state index in [2.05, 4.69) is 15.0 Å². The Morgan fingerprint density at radius 3 is 2.79 bits per heavy atom. The second-order valence-electron chi connectivity index (χ2n) is 3.27. The average Bonchev–Trinajstić information content (AvgIpc) is 2.92. The SMILES string of the molecule is Cc1nc(Cl)c(N=C=O)c(C2CC2)n1. The lowest BCUT2D eigenvalue weighted by Crippen LogP contribution is -1.95. The van der Waals surface area contributed by atoms with Gasteiger partial charge in [-0.25, -0.2) is 14.8 Å². The molecule has 1 fully saturated rings. The molecule has 5 heteroatoms. The van der Waals surface area contributed by atoms with E-state index in [-0.39, 0.29) is 5.15 Å².